The first-order chi connectivity index (χ1) is 10.1. The van der Waals surface area contributed by atoms with Crippen LogP contribution in [0.2, 0.25) is 0 Å². The molecular weight excluding hydrogens is 330 g/mol. The van der Waals surface area contributed by atoms with E-state index >= 15 is 0 Å². The standard InChI is InChI=1S/C17H28BrNO2/c1-6-11-19-16(12(7-2)8-3)13-9-10-14(20-4)15(18)17(13)21-5/h9-10,12,16,19H,6-8,11H2,1-5H3. The highest BCUT2D eigenvalue weighted by Gasteiger charge is 2.25. The molecule has 0 heterocycles. The van der Waals surface area contributed by atoms with Crippen LogP contribution in [0.3, 0.4) is 0 Å². The van der Waals surface area contributed by atoms with Crippen molar-refractivity contribution in [1.82, 2.24) is 5.32 Å². The van der Waals surface area contributed by atoms with Crippen molar-refractivity contribution >= 4 is 15.9 Å². The molecule has 1 N–H and O–H groups in total. The van der Waals surface area contributed by atoms with E-state index in [-0.39, 0.29) is 0 Å². The zero-order chi connectivity index (χ0) is 15.8. The third-order valence-corrected chi connectivity index (χ3v) is 4.74. The van der Waals surface area contributed by atoms with Crippen LogP contribution in [0.5, 0.6) is 11.5 Å². The maximum atomic E-state index is 5.65. The Morgan fingerprint density at radius 1 is 1.10 bits per heavy atom. The molecule has 0 saturated heterocycles. The van der Waals surface area contributed by atoms with E-state index in [4.69, 9.17) is 9.47 Å². The summed E-state index contributed by atoms with van der Waals surface area (Å²) in [5, 5.41) is 3.69. The molecule has 4 heteroatoms. The molecule has 1 aromatic carbocycles. The van der Waals surface area contributed by atoms with Crippen LogP contribution in [0.25, 0.3) is 0 Å². The van der Waals surface area contributed by atoms with Gasteiger partial charge >= 0.3 is 0 Å². The van der Waals surface area contributed by atoms with E-state index in [0.29, 0.717) is 12.0 Å². The second-order valence-corrected chi connectivity index (χ2v) is 6.01. The van der Waals surface area contributed by atoms with E-state index in [1.54, 1.807) is 14.2 Å². The molecule has 0 saturated carbocycles. The molecule has 3 nitrogen and oxygen atoms in total. The first-order valence-corrected chi connectivity index (χ1v) is 8.57. The number of ether oxygens (including phenoxy) is 2. The van der Waals surface area contributed by atoms with Gasteiger partial charge in [-0.15, -0.1) is 0 Å². The van der Waals surface area contributed by atoms with E-state index in [9.17, 15) is 0 Å². The molecule has 0 aliphatic rings. The number of rotatable bonds is 9. The Bertz CT molecular complexity index is 433. The summed E-state index contributed by atoms with van der Waals surface area (Å²) in [7, 11) is 3.39. The topological polar surface area (TPSA) is 30.5 Å². The van der Waals surface area contributed by atoms with Crippen molar-refractivity contribution in [3.63, 3.8) is 0 Å². The van der Waals surface area contributed by atoms with Crippen molar-refractivity contribution in [3.05, 3.63) is 22.2 Å². The first-order valence-electron chi connectivity index (χ1n) is 7.78. The third-order valence-electron chi connectivity index (χ3n) is 3.99. The van der Waals surface area contributed by atoms with Crippen LogP contribution in [0.1, 0.15) is 51.6 Å². The summed E-state index contributed by atoms with van der Waals surface area (Å²) in [6.07, 6.45) is 3.41. The molecule has 1 rings (SSSR count). The van der Waals surface area contributed by atoms with Gasteiger partial charge in [-0.25, -0.2) is 0 Å². The van der Waals surface area contributed by atoms with Gasteiger partial charge < -0.3 is 14.8 Å². The normalized spacial score (nSPS) is 12.5. The SMILES string of the molecule is CCCNC(c1ccc(OC)c(Br)c1OC)C(CC)CC. The monoisotopic (exact) mass is 357 g/mol. The van der Waals surface area contributed by atoms with Crippen molar-refractivity contribution in [2.75, 3.05) is 20.8 Å². The number of halogens is 1. The van der Waals surface area contributed by atoms with E-state index in [1.807, 2.05) is 6.07 Å². The number of methoxy groups -OCH3 is 2. The van der Waals surface area contributed by atoms with Crippen molar-refractivity contribution in [3.8, 4) is 11.5 Å². The maximum absolute atomic E-state index is 5.65. The highest BCUT2D eigenvalue weighted by molar-refractivity contribution is 9.10. The van der Waals surface area contributed by atoms with Gasteiger partial charge in [0, 0.05) is 11.6 Å². The van der Waals surface area contributed by atoms with Gasteiger partial charge in [0.1, 0.15) is 16.0 Å². The van der Waals surface area contributed by atoms with Gasteiger partial charge in [0.25, 0.3) is 0 Å². The molecule has 0 aromatic heterocycles. The Balaban J connectivity index is 3.25. The fourth-order valence-electron chi connectivity index (χ4n) is 2.75. The number of benzene rings is 1. The molecule has 0 spiro atoms. The van der Waals surface area contributed by atoms with E-state index in [0.717, 1.165) is 41.8 Å². The minimum atomic E-state index is 0.303. The number of hydrogen-bond donors (Lipinski definition) is 1. The lowest BCUT2D eigenvalue weighted by molar-refractivity contribution is 0.323. The molecule has 0 radical (unpaired) electrons. The minimum Gasteiger partial charge on any atom is -0.495 e. The van der Waals surface area contributed by atoms with Gasteiger partial charge in [0.15, 0.2) is 0 Å². The zero-order valence-electron chi connectivity index (χ0n) is 13.8. The van der Waals surface area contributed by atoms with Gasteiger partial charge in [0.05, 0.1) is 14.2 Å². The third kappa shape index (κ3) is 4.36. The molecular formula is C17H28BrNO2. The molecule has 21 heavy (non-hydrogen) atoms. The van der Waals surface area contributed by atoms with E-state index in [1.165, 1.54) is 5.56 Å². The van der Waals surface area contributed by atoms with Gasteiger partial charge in [-0.05, 0) is 46.9 Å². The summed E-state index contributed by atoms with van der Waals surface area (Å²) in [5.74, 6) is 2.26. The van der Waals surface area contributed by atoms with Crippen molar-refractivity contribution < 1.29 is 9.47 Å². The molecule has 0 bridgehead atoms. The molecule has 1 aromatic rings. The summed E-state index contributed by atoms with van der Waals surface area (Å²) < 4.78 is 11.9. The maximum Gasteiger partial charge on any atom is 0.141 e. The summed E-state index contributed by atoms with van der Waals surface area (Å²) in [4.78, 5) is 0. The van der Waals surface area contributed by atoms with Crippen LogP contribution in [0.15, 0.2) is 16.6 Å². The van der Waals surface area contributed by atoms with Crippen LogP contribution >= 0.6 is 15.9 Å². The Morgan fingerprint density at radius 3 is 2.24 bits per heavy atom. The lowest BCUT2D eigenvalue weighted by atomic mass is 9.88. The Kier molecular flexibility index (Phi) is 8.12. The average Bonchev–Trinajstić information content (AvgIpc) is 2.51. The predicted molar refractivity (Wildman–Crippen MR) is 92.4 cm³/mol. The smallest absolute Gasteiger partial charge is 0.141 e. The van der Waals surface area contributed by atoms with Gasteiger partial charge in [0.2, 0.25) is 0 Å². The average molecular weight is 358 g/mol. The quantitative estimate of drug-likeness (QED) is 0.678. The molecule has 0 aliphatic heterocycles. The van der Waals surface area contributed by atoms with Crippen molar-refractivity contribution in [1.29, 1.82) is 0 Å². The molecule has 0 amide bonds. The van der Waals surface area contributed by atoms with E-state index < -0.39 is 0 Å². The molecule has 0 aliphatic carbocycles. The fourth-order valence-corrected chi connectivity index (χ4v) is 3.44. The summed E-state index contributed by atoms with van der Waals surface area (Å²) in [5.41, 5.74) is 1.20. The Hall–Kier alpha value is -0.740. The summed E-state index contributed by atoms with van der Waals surface area (Å²) >= 11 is 3.60. The van der Waals surface area contributed by atoms with Gasteiger partial charge in [-0.3, -0.25) is 0 Å². The fraction of sp³-hybridized carbons (Fsp3) is 0.647. The molecule has 120 valence electrons. The highest BCUT2D eigenvalue weighted by atomic mass is 79.9. The van der Waals surface area contributed by atoms with Crippen LogP contribution < -0.4 is 14.8 Å². The Labute approximate surface area is 137 Å². The number of hydrogen-bond acceptors (Lipinski definition) is 3. The highest BCUT2D eigenvalue weighted by Crippen LogP contribution is 2.42. The molecule has 1 atom stereocenters. The lowest BCUT2D eigenvalue weighted by Gasteiger charge is -2.29. The van der Waals surface area contributed by atoms with Crippen molar-refractivity contribution in [2.24, 2.45) is 5.92 Å². The van der Waals surface area contributed by atoms with Crippen LogP contribution in [0.4, 0.5) is 0 Å². The predicted octanol–water partition coefficient (Wildman–Crippen LogP) is 4.94. The van der Waals surface area contributed by atoms with Gasteiger partial charge in [-0.2, -0.15) is 0 Å². The Morgan fingerprint density at radius 2 is 1.76 bits per heavy atom. The van der Waals surface area contributed by atoms with Crippen molar-refractivity contribution in [2.45, 2.75) is 46.1 Å². The second kappa shape index (κ2) is 9.31. The van der Waals surface area contributed by atoms with E-state index in [2.05, 4.69) is 48.1 Å². The van der Waals surface area contributed by atoms with Gasteiger partial charge in [-0.1, -0.05) is 33.6 Å². The second-order valence-electron chi connectivity index (χ2n) is 5.21. The lowest BCUT2D eigenvalue weighted by Crippen LogP contribution is -2.29. The van der Waals surface area contributed by atoms with Crippen LogP contribution in [0, 0.1) is 5.92 Å². The van der Waals surface area contributed by atoms with Crippen LogP contribution in [-0.4, -0.2) is 20.8 Å². The molecule has 1 unspecified atom stereocenters. The zero-order valence-corrected chi connectivity index (χ0v) is 15.4. The summed E-state index contributed by atoms with van der Waals surface area (Å²) in [6.45, 7) is 7.70. The van der Waals surface area contributed by atoms with Crippen LogP contribution in [-0.2, 0) is 0 Å². The minimum absolute atomic E-state index is 0.303. The largest absolute Gasteiger partial charge is 0.495 e. The molecule has 0 fully saturated rings. The number of nitrogens with one attached hydrogen (secondary N) is 1. The first kappa shape index (κ1) is 18.3. The summed E-state index contributed by atoms with van der Waals surface area (Å²) in [6, 6.07) is 4.43.